The molecule has 0 unspecified atom stereocenters. The number of rotatable bonds is 4. The van der Waals surface area contributed by atoms with Crippen LogP contribution in [0.1, 0.15) is 25.0 Å². The van der Waals surface area contributed by atoms with Gasteiger partial charge in [0.05, 0.1) is 11.8 Å². The van der Waals surface area contributed by atoms with Crippen molar-refractivity contribution >= 4 is 11.6 Å². The van der Waals surface area contributed by atoms with Gasteiger partial charge in [0, 0.05) is 25.7 Å². The van der Waals surface area contributed by atoms with Crippen molar-refractivity contribution in [3.63, 3.8) is 0 Å². The molecule has 0 bridgehead atoms. The van der Waals surface area contributed by atoms with Gasteiger partial charge in [-0.1, -0.05) is 0 Å². The molecule has 0 radical (unpaired) electrons. The summed E-state index contributed by atoms with van der Waals surface area (Å²) in [6.45, 7) is 0. The Bertz CT molecular complexity index is 440. The fraction of sp³-hybridized carbons (Fsp3) is 0.333. The summed E-state index contributed by atoms with van der Waals surface area (Å²) in [5.41, 5.74) is -0.00782. The van der Waals surface area contributed by atoms with Gasteiger partial charge in [0.25, 0.3) is 0 Å². The van der Waals surface area contributed by atoms with Crippen LogP contribution in [-0.4, -0.2) is 16.7 Å². The summed E-state index contributed by atoms with van der Waals surface area (Å²) < 4.78 is 5.08. The molecule has 1 aromatic heterocycles. The molecule has 1 N–H and O–H groups in total. The monoisotopic (exact) mass is 220 g/mol. The van der Waals surface area contributed by atoms with E-state index in [2.05, 4.69) is 0 Å². The largest absolute Gasteiger partial charge is 0.511 e. The van der Waals surface area contributed by atoms with Crippen molar-refractivity contribution < 1.29 is 19.1 Å². The summed E-state index contributed by atoms with van der Waals surface area (Å²) in [7, 11) is 0. The summed E-state index contributed by atoms with van der Waals surface area (Å²) >= 11 is 0. The van der Waals surface area contributed by atoms with Gasteiger partial charge in [-0.2, -0.15) is 0 Å². The first kappa shape index (κ1) is 10.7. The smallest absolute Gasteiger partial charge is 0.170 e. The van der Waals surface area contributed by atoms with Crippen LogP contribution in [0.15, 0.2) is 34.1 Å². The summed E-state index contributed by atoms with van der Waals surface area (Å²) in [6, 6.07) is 3.52. The van der Waals surface area contributed by atoms with Crippen molar-refractivity contribution in [3.8, 4) is 0 Å². The number of aliphatic hydroxyl groups is 1. The van der Waals surface area contributed by atoms with Gasteiger partial charge >= 0.3 is 0 Å². The van der Waals surface area contributed by atoms with Crippen LogP contribution in [-0.2, 0) is 16.0 Å². The van der Waals surface area contributed by atoms with E-state index < -0.39 is 0 Å². The van der Waals surface area contributed by atoms with Gasteiger partial charge in [-0.15, -0.1) is 0 Å². The van der Waals surface area contributed by atoms with Crippen molar-refractivity contribution in [1.82, 2.24) is 0 Å². The number of aliphatic hydroxyl groups excluding tert-OH is 1. The second kappa shape index (κ2) is 4.35. The lowest BCUT2D eigenvalue weighted by Crippen LogP contribution is -2.10. The predicted molar refractivity (Wildman–Crippen MR) is 55.9 cm³/mol. The molecule has 0 amide bonds. The fourth-order valence-corrected chi connectivity index (χ4v) is 1.78. The van der Waals surface area contributed by atoms with E-state index in [4.69, 9.17) is 4.42 Å². The zero-order valence-corrected chi connectivity index (χ0v) is 8.73. The lowest BCUT2D eigenvalue weighted by Gasteiger charge is -1.99. The average Bonchev–Trinajstić information content (AvgIpc) is 2.86. The van der Waals surface area contributed by atoms with Crippen LogP contribution in [0, 0.1) is 0 Å². The summed E-state index contributed by atoms with van der Waals surface area (Å²) in [5.74, 6) is 0.103. The van der Waals surface area contributed by atoms with Gasteiger partial charge in [-0.25, -0.2) is 0 Å². The zero-order valence-electron chi connectivity index (χ0n) is 8.73. The molecule has 0 saturated heterocycles. The van der Waals surface area contributed by atoms with Gasteiger partial charge in [0.15, 0.2) is 11.6 Å². The number of carbonyl (C=O) groups is 2. The molecule has 2 rings (SSSR count). The topological polar surface area (TPSA) is 67.5 Å². The SMILES string of the molecule is O=C1CCC(O)=C1C(=O)CCc1ccco1. The molecule has 0 aromatic carbocycles. The maximum Gasteiger partial charge on any atom is 0.170 e. The molecule has 0 spiro atoms. The number of furan rings is 1. The van der Waals surface area contributed by atoms with Crippen LogP contribution >= 0.6 is 0 Å². The van der Waals surface area contributed by atoms with Crippen molar-refractivity contribution in [2.75, 3.05) is 0 Å². The Morgan fingerprint density at radius 3 is 2.81 bits per heavy atom. The van der Waals surface area contributed by atoms with E-state index in [9.17, 15) is 14.7 Å². The van der Waals surface area contributed by atoms with Crippen molar-refractivity contribution in [2.45, 2.75) is 25.7 Å². The van der Waals surface area contributed by atoms with Crippen LogP contribution < -0.4 is 0 Å². The number of Topliss-reactive ketones (excluding diaryl/α,β-unsaturated/α-hetero) is 2. The summed E-state index contributed by atoms with van der Waals surface area (Å²) in [4.78, 5) is 23.0. The van der Waals surface area contributed by atoms with Gasteiger partial charge in [0.1, 0.15) is 11.5 Å². The molecule has 0 aliphatic heterocycles. The van der Waals surface area contributed by atoms with Crippen molar-refractivity contribution in [1.29, 1.82) is 0 Å². The van der Waals surface area contributed by atoms with Gasteiger partial charge in [-0.3, -0.25) is 9.59 Å². The third-order valence-electron chi connectivity index (χ3n) is 2.61. The normalized spacial score (nSPS) is 15.9. The number of hydrogen-bond donors (Lipinski definition) is 1. The minimum atomic E-state index is -0.295. The Hall–Kier alpha value is -1.84. The maximum atomic E-state index is 11.7. The molecule has 0 saturated carbocycles. The molecule has 4 nitrogen and oxygen atoms in total. The quantitative estimate of drug-likeness (QED) is 0.787. The Kier molecular flexibility index (Phi) is 2.90. The highest BCUT2D eigenvalue weighted by atomic mass is 16.3. The lowest BCUT2D eigenvalue weighted by atomic mass is 10.0. The number of carbonyl (C=O) groups excluding carboxylic acids is 2. The van der Waals surface area contributed by atoms with Crippen LogP contribution in [0.4, 0.5) is 0 Å². The van der Waals surface area contributed by atoms with Crippen LogP contribution in [0.5, 0.6) is 0 Å². The molecule has 0 fully saturated rings. The summed E-state index contributed by atoms with van der Waals surface area (Å²) in [6.07, 6.45) is 2.72. The highest BCUT2D eigenvalue weighted by Gasteiger charge is 2.28. The lowest BCUT2D eigenvalue weighted by molar-refractivity contribution is -0.121. The second-order valence-corrected chi connectivity index (χ2v) is 3.75. The molecule has 1 heterocycles. The molecular formula is C12H12O4. The van der Waals surface area contributed by atoms with Crippen LogP contribution in [0.25, 0.3) is 0 Å². The van der Waals surface area contributed by atoms with Crippen molar-refractivity contribution in [2.24, 2.45) is 0 Å². The fourth-order valence-electron chi connectivity index (χ4n) is 1.78. The maximum absolute atomic E-state index is 11.7. The van der Waals surface area contributed by atoms with Crippen molar-refractivity contribution in [3.05, 3.63) is 35.5 Å². The Morgan fingerprint density at radius 2 is 2.25 bits per heavy atom. The third-order valence-corrected chi connectivity index (χ3v) is 2.61. The standard InChI is InChI=1S/C12H12O4/c13-9(4-3-8-2-1-7-16-8)12-10(14)5-6-11(12)15/h1-2,7,14H,3-6H2. The van der Waals surface area contributed by atoms with E-state index in [1.165, 1.54) is 6.26 Å². The average molecular weight is 220 g/mol. The first-order valence-corrected chi connectivity index (χ1v) is 5.19. The molecule has 84 valence electrons. The third kappa shape index (κ3) is 2.05. The number of hydrogen-bond acceptors (Lipinski definition) is 4. The minimum Gasteiger partial charge on any atom is -0.511 e. The van der Waals surface area contributed by atoms with E-state index in [1.807, 2.05) is 0 Å². The highest BCUT2D eigenvalue weighted by molar-refractivity contribution is 6.21. The summed E-state index contributed by atoms with van der Waals surface area (Å²) in [5, 5.41) is 9.40. The number of ketones is 2. The van der Waals surface area contributed by atoms with E-state index in [1.54, 1.807) is 12.1 Å². The number of allylic oxidation sites excluding steroid dienone is 2. The molecule has 1 aliphatic rings. The van der Waals surface area contributed by atoms with Gasteiger partial charge in [0.2, 0.25) is 0 Å². The molecule has 4 heteroatoms. The van der Waals surface area contributed by atoms with E-state index in [0.29, 0.717) is 18.6 Å². The first-order valence-electron chi connectivity index (χ1n) is 5.19. The molecular weight excluding hydrogens is 208 g/mol. The highest BCUT2D eigenvalue weighted by Crippen LogP contribution is 2.22. The number of aryl methyl sites for hydroxylation is 1. The second-order valence-electron chi connectivity index (χ2n) is 3.75. The first-order chi connectivity index (χ1) is 7.68. The minimum absolute atomic E-state index is 0.00782. The molecule has 1 aromatic rings. The van der Waals surface area contributed by atoms with Gasteiger partial charge in [-0.05, 0) is 12.1 Å². The predicted octanol–water partition coefficient (Wildman–Crippen LogP) is 1.96. The Labute approximate surface area is 92.6 Å². The zero-order chi connectivity index (χ0) is 11.5. The molecule has 1 aliphatic carbocycles. The van der Waals surface area contributed by atoms with Crippen LogP contribution in [0.2, 0.25) is 0 Å². The van der Waals surface area contributed by atoms with Crippen LogP contribution in [0.3, 0.4) is 0 Å². The van der Waals surface area contributed by atoms with Gasteiger partial charge < -0.3 is 9.52 Å². The van der Waals surface area contributed by atoms with E-state index in [0.717, 1.165) is 0 Å². The van der Waals surface area contributed by atoms with E-state index >= 15 is 0 Å². The Balaban J connectivity index is 1.99. The molecule has 16 heavy (non-hydrogen) atoms. The Morgan fingerprint density at radius 1 is 1.44 bits per heavy atom. The van der Waals surface area contributed by atoms with E-state index in [-0.39, 0.29) is 35.7 Å². The molecule has 0 atom stereocenters.